The summed E-state index contributed by atoms with van der Waals surface area (Å²) in [6.07, 6.45) is 3.81. The molecular weight excluding hydrogens is 257 g/mol. The van der Waals surface area contributed by atoms with Gasteiger partial charge in [0.2, 0.25) is 0 Å². The Morgan fingerprint density at radius 2 is 2.00 bits per heavy atom. The van der Waals surface area contributed by atoms with Crippen LogP contribution in [0.25, 0.3) is 0 Å². The molecule has 0 saturated heterocycles. The average molecular weight is 279 g/mol. The number of nitrogens with zero attached hydrogens (tertiary/aromatic N) is 1. The maximum atomic E-state index is 13.5. The minimum absolute atomic E-state index is 0.0285. The number of carbonyl (C=O) groups excluding carboxylic acids is 1. The molecule has 0 aliphatic heterocycles. The van der Waals surface area contributed by atoms with E-state index in [-0.39, 0.29) is 24.6 Å². The lowest BCUT2D eigenvalue weighted by atomic mass is 10.0. The minimum atomic E-state index is -0.646. The predicted molar refractivity (Wildman–Crippen MR) is 76.0 cm³/mol. The summed E-state index contributed by atoms with van der Waals surface area (Å²) >= 11 is 0. The Kier molecular flexibility index (Phi) is 4.89. The van der Waals surface area contributed by atoms with Gasteiger partial charge < -0.3 is 5.11 Å². The summed E-state index contributed by atoms with van der Waals surface area (Å²) in [5.41, 5.74) is -0.210. The number of likely N-dealkylation sites (N-methyl/N-ethyl adjacent to an activating group) is 1. The van der Waals surface area contributed by atoms with Crippen LogP contribution in [-0.4, -0.2) is 41.5 Å². The van der Waals surface area contributed by atoms with Crippen molar-refractivity contribution in [3.05, 3.63) is 35.6 Å². The molecule has 1 saturated carbocycles. The van der Waals surface area contributed by atoms with Gasteiger partial charge in [0.25, 0.3) is 0 Å². The summed E-state index contributed by atoms with van der Waals surface area (Å²) in [4.78, 5) is 13.8. The molecule has 2 rings (SSSR count). The molecule has 0 atom stereocenters. The third kappa shape index (κ3) is 4.12. The number of ketones is 1. The quantitative estimate of drug-likeness (QED) is 0.867. The van der Waals surface area contributed by atoms with Gasteiger partial charge >= 0.3 is 0 Å². The molecule has 1 aromatic carbocycles. The van der Waals surface area contributed by atoms with Gasteiger partial charge in [0, 0.05) is 13.0 Å². The molecule has 1 aliphatic carbocycles. The van der Waals surface area contributed by atoms with Crippen LogP contribution in [0.3, 0.4) is 0 Å². The van der Waals surface area contributed by atoms with Crippen molar-refractivity contribution in [1.82, 2.24) is 4.90 Å². The van der Waals surface area contributed by atoms with Crippen LogP contribution < -0.4 is 0 Å². The third-order valence-corrected chi connectivity index (χ3v) is 3.89. The lowest BCUT2D eigenvalue weighted by molar-refractivity contribution is -0.120. The van der Waals surface area contributed by atoms with Crippen LogP contribution in [0.4, 0.5) is 4.39 Å². The van der Waals surface area contributed by atoms with Gasteiger partial charge in [-0.1, -0.05) is 31.0 Å². The van der Waals surface area contributed by atoms with Gasteiger partial charge in [-0.05, 0) is 31.5 Å². The number of hydrogen-bond acceptors (Lipinski definition) is 3. The first-order valence-electron chi connectivity index (χ1n) is 7.15. The molecule has 3 nitrogen and oxygen atoms in total. The second-order valence-corrected chi connectivity index (χ2v) is 5.91. The van der Waals surface area contributed by atoms with Crippen LogP contribution in [0.2, 0.25) is 0 Å². The van der Waals surface area contributed by atoms with Crippen LogP contribution in [-0.2, 0) is 11.2 Å². The highest BCUT2D eigenvalue weighted by Crippen LogP contribution is 2.29. The van der Waals surface area contributed by atoms with Crippen molar-refractivity contribution in [3.8, 4) is 0 Å². The Morgan fingerprint density at radius 1 is 1.35 bits per heavy atom. The highest BCUT2D eigenvalue weighted by atomic mass is 19.1. The first-order valence-corrected chi connectivity index (χ1v) is 7.15. The topological polar surface area (TPSA) is 40.5 Å². The Morgan fingerprint density at radius 3 is 2.65 bits per heavy atom. The van der Waals surface area contributed by atoms with Crippen LogP contribution in [0.15, 0.2) is 24.3 Å². The smallest absolute Gasteiger partial charge is 0.151 e. The van der Waals surface area contributed by atoms with Crippen molar-refractivity contribution < 1.29 is 14.3 Å². The fourth-order valence-corrected chi connectivity index (χ4v) is 2.96. The Labute approximate surface area is 119 Å². The number of aliphatic hydroxyl groups is 1. The van der Waals surface area contributed by atoms with Gasteiger partial charge in [0.05, 0.1) is 12.1 Å². The van der Waals surface area contributed by atoms with Crippen LogP contribution in [0.5, 0.6) is 0 Å². The van der Waals surface area contributed by atoms with Gasteiger partial charge in [-0.25, -0.2) is 4.39 Å². The van der Waals surface area contributed by atoms with E-state index in [0.29, 0.717) is 12.1 Å². The Balaban J connectivity index is 1.83. The van der Waals surface area contributed by atoms with Crippen molar-refractivity contribution in [2.45, 2.75) is 37.7 Å². The van der Waals surface area contributed by atoms with E-state index in [2.05, 4.69) is 0 Å². The lowest BCUT2D eigenvalue weighted by Gasteiger charge is -2.28. The molecule has 1 aliphatic rings. The van der Waals surface area contributed by atoms with E-state index in [1.165, 1.54) is 6.07 Å². The third-order valence-electron chi connectivity index (χ3n) is 3.89. The molecule has 1 aromatic rings. The molecule has 0 amide bonds. The summed E-state index contributed by atoms with van der Waals surface area (Å²) < 4.78 is 13.5. The largest absolute Gasteiger partial charge is 0.389 e. The molecule has 1 N–H and O–H groups in total. The lowest BCUT2D eigenvalue weighted by Crippen LogP contribution is -2.41. The second-order valence-electron chi connectivity index (χ2n) is 5.91. The van der Waals surface area contributed by atoms with Gasteiger partial charge in [-0.2, -0.15) is 0 Å². The van der Waals surface area contributed by atoms with Crippen molar-refractivity contribution in [2.75, 3.05) is 20.1 Å². The molecule has 110 valence electrons. The number of rotatable bonds is 6. The number of halogens is 1. The van der Waals surface area contributed by atoms with Crippen molar-refractivity contribution in [2.24, 2.45) is 0 Å². The predicted octanol–water partition coefficient (Wildman–Crippen LogP) is 2.17. The monoisotopic (exact) mass is 279 g/mol. The molecule has 0 radical (unpaired) electrons. The first kappa shape index (κ1) is 15.1. The number of benzene rings is 1. The second kappa shape index (κ2) is 6.46. The molecule has 4 heteroatoms. The van der Waals surface area contributed by atoms with Crippen LogP contribution >= 0.6 is 0 Å². The molecule has 1 fully saturated rings. The zero-order valence-electron chi connectivity index (χ0n) is 11.9. The zero-order chi connectivity index (χ0) is 14.6. The normalized spacial score (nSPS) is 17.6. The summed E-state index contributed by atoms with van der Waals surface area (Å²) in [5.74, 6) is -0.364. The van der Waals surface area contributed by atoms with E-state index in [1.807, 2.05) is 11.9 Å². The molecular formula is C16H22FNO2. The van der Waals surface area contributed by atoms with Gasteiger partial charge in [-0.3, -0.25) is 9.69 Å². The summed E-state index contributed by atoms with van der Waals surface area (Å²) in [6, 6.07) is 6.35. The van der Waals surface area contributed by atoms with E-state index in [4.69, 9.17) is 0 Å². The number of carbonyl (C=O) groups is 1. The SMILES string of the molecule is CN(CC(=O)Cc1ccccc1F)CC1(O)CCCC1. The fraction of sp³-hybridized carbons (Fsp3) is 0.562. The molecule has 0 spiro atoms. The molecule has 0 aromatic heterocycles. The van der Waals surface area contributed by atoms with E-state index >= 15 is 0 Å². The van der Waals surface area contributed by atoms with E-state index in [0.717, 1.165) is 25.7 Å². The number of hydrogen-bond donors (Lipinski definition) is 1. The maximum Gasteiger partial charge on any atom is 0.151 e. The summed E-state index contributed by atoms with van der Waals surface area (Å²) in [7, 11) is 1.83. The first-order chi connectivity index (χ1) is 9.48. The maximum absolute atomic E-state index is 13.5. The van der Waals surface area contributed by atoms with Gasteiger partial charge in [-0.15, -0.1) is 0 Å². The van der Waals surface area contributed by atoms with E-state index in [9.17, 15) is 14.3 Å². The zero-order valence-corrected chi connectivity index (χ0v) is 11.9. The van der Waals surface area contributed by atoms with Crippen molar-refractivity contribution in [3.63, 3.8) is 0 Å². The minimum Gasteiger partial charge on any atom is -0.389 e. The van der Waals surface area contributed by atoms with Gasteiger partial charge in [0.1, 0.15) is 5.82 Å². The van der Waals surface area contributed by atoms with Crippen molar-refractivity contribution >= 4 is 5.78 Å². The standard InChI is InChI=1S/C16H22FNO2/c1-18(12-16(20)8-4-5-9-16)11-14(19)10-13-6-2-3-7-15(13)17/h2-3,6-7,20H,4-5,8-12H2,1H3. The molecule has 20 heavy (non-hydrogen) atoms. The summed E-state index contributed by atoms with van der Waals surface area (Å²) in [6.45, 7) is 0.757. The Bertz CT molecular complexity index is 469. The van der Waals surface area contributed by atoms with E-state index < -0.39 is 5.60 Å². The van der Waals surface area contributed by atoms with Crippen LogP contribution in [0.1, 0.15) is 31.2 Å². The molecule has 0 unspecified atom stereocenters. The molecule has 0 heterocycles. The van der Waals surface area contributed by atoms with Crippen LogP contribution in [0, 0.1) is 5.82 Å². The number of Topliss-reactive ketones (excluding diaryl/α,β-unsaturated/α-hetero) is 1. The highest BCUT2D eigenvalue weighted by molar-refractivity contribution is 5.82. The van der Waals surface area contributed by atoms with Gasteiger partial charge in [0.15, 0.2) is 5.78 Å². The Hall–Kier alpha value is -1.26. The van der Waals surface area contributed by atoms with Crippen molar-refractivity contribution in [1.29, 1.82) is 0 Å². The molecule has 0 bridgehead atoms. The average Bonchev–Trinajstić information content (AvgIpc) is 2.78. The highest BCUT2D eigenvalue weighted by Gasteiger charge is 2.32. The fourth-order valence-electron chi connectivity index (χ4n) is 2.96. The van der Waals surface area contributed by atoms with E-state index in [1.54, 1.807) is 18.2 Å². The summed E-state index contributed by atoms with van der Waals surface area (Å²) in [5, 5.41) is 10.3.